The molecular weight excluding hydrogens is 286 g/mol. The van der Waals surface area contributed by atoms with E-state index in [-0.39, 0.29) is 5.91 Å². The Kier molecular flexibility index (Phi) is 6.03. The number of anilines is 1. The molecule has 0 spiro atoms. The van der Waals surface area contributed by atoms with Crippen molar-refractivity contribution in [3.05, 3.63) is 28.8 Å². The molecule has 1 amide bonds. The first-order valence-electron chi connectivity index (χ1n) is 7.55. The molecule has 1 fully saturated rings. The summed E-state index contributed by atoms with van der Waals surface area (Å²) in [4.78, 5) is 14.6. The minimum absolute atomic E-state index is 0.0309. The van der Waals surface area contributed by atoms with E-state index in [1.807, 2.05) is 26.1 Å². The third kappa shape index (κ3) is 4.70. The number of halogens is 1. The van der Waals surface area contributed by atoms with Gasteiger partial charge >= 0.3 is 0 Å². The Labute approximate surface area is 131 Å². The second-order valence-corrected chi connectivity index (χ2v) is 6.12. The number of carbonyl (C=O) groups excluding carboxylic acids is 1. The van der Waals surface area contributed by atoms with Crippen LogP contribution in [0.1, 0.15) is 24.8 Å². The number of rotatable bonds is 5. The number of likely N-dealkylation sites (tertiary alicyclic amines) is 1. The van der Waals surface area contributed by atoms with Gasteiger partial charge in [0.15, 0.2) is 0 Å². The van der Waals surface area contributed by atoms with Crippen LogP contribution in [0, 0.1) is 6.92 Å². The topological polar surface area (TPSA) is 44.4 Å². The predicted molar refractivity (Wildman–Crippen MR) is 88.0 cm³/mol. The van der Waals surface area contributed by atoms with E-state index in [9.17, 15) is 4.79 Å². The second kappa shape index (κ2) is 7.78. The highest BCUT2D eigenvalue weighted by atomic mass is 35.5. The van der Waals surface area contributed by atoms with Crippen molar-refractivity contribution in [2.45, 2.75) is 32.2 Å². The lowest BCUT2D eigenvalue weighted by atomic mass is 10.0. The lowest BCUT2D eigenvalue weighted by molar-refractivity contribution is -0.118. The molecule has 1 saturated heterocycles. The number of likely N-dealkylation sites (N-methyl/N-ethyl adjacent to an activating group) is 1. The summed E-state index contributed by atoms with van der Waals surface area (Å²) in [5, 5.41) is 6.83. The van der Waals surface area contributed by atoms with Crippen LogP contribution in [0.25, 0.3) is 0 Å². The van der Waals surface area contributed by atoms with Crippen LogP contribution in [-0.2, 0) is 4.79 Å². The van der Waals surface area contributed by atoms with Crippen molar-refractivity contribution in [2.75, 3.05) is 32.0 Å². The van der Waals surface area contributed by atoms with Crippen LogP contribution in [0.2, 0.25) is 5.02 Å². The molecule has 1 aromatic rings. The number of benzene rings is 1. The summed E-state index contributed by atoms with van der Waals surface area (Å²) in [6, 6.07) is 6.01. The first-order valence-corrected chi connectivity index (χ1v) is 7.92. The van der Waals surface area contributed by atoms with E-state index in [0.717, 1.165) is 30.8 Å². The quantitative estimate of drug-likeness (QED) is 0.879. The van der Waals surface area contributed by atoms with Crippen LogP contribution in [0.5, 0.6) is 0 Å². The molecule has 4 nitrogen and oxygen atoms in total. The van der Waals surface area contributed by atoms with Gasteiger partial charge in [0.05, 0.1) is 6.54 Å². The number of nitrogens with zero attached hydrogens (tertiary/aromatic N) is 1. The largest absolute Gasteiger partial charge is 0.325 e. The monoisotopic (exact) mass is 309 g/mol. The SMILES string of the molecule is CNCC1CCCCN1CC(=O)Nc1cc(Cl)ccc1C. The Bertz CT molecular complexity index is 490. The third-order valence-corrected chi connectivity index (χ3v) is 4.24. The fourth-order valence-electron chi connectivity index (χ4n) is 2.84. The number of nitrogens with one attached hydrogen (secondary N) is 2. The van der Waals surface area contributed by atoms with Crippen molar-refractivity contribution in [3.8, 4) is 0 Å². The zero-order chi connectivity index (χ0) is 15.2. The Hall–Kier alpha value is -1.10. The number of aryl methyl sites for hydroxylation is 1. The van der Waals surface area contributed by atoms with Crippen molar-refractivity contribution in [1.29, 1.82) is 0 Å². The molecule has 1 aromatic carbocycles. The Balaban J connectivity index is 1.95. The van der Waals surface area contributed by atoms with Gasteiger partial charge < -0.3 is 10.6 Å². The lowest BCUT2D eigenvalue weighted by Gasteiger charge is -2.35. The van der Waals surface area contributed by atoms with E-state index in [4.69, 9.17) is 11.6 Å². The molecule has 0 radical (unpaired) electrons. The molecule has 5 heteroatoms. The maximum absolute atomic E-state index is 12.3. The average molecular weight is 310 g/mol. The summed E-state index contributed by atoms with van der Waals surface area (Å²) in [6.07, 6.45) is 3.58. The average Bonchev–Trinajstić information content (AvgIpc) is 2.45. The molecule has 0 aromatic heterocycles. The highest BCUT2D eigenvalue weighted by molar-refractivity contribution is 6.31. The van der Waals surface area contributed by atoms with Gasteiger partial charge in [0, 0.05) is 23.3 Å². The van der Waals surface area contributed by atoms with Gasteiger partial charge in [-0.3, -0.25) is 9.69 Å². The summed E-state index contributed by atoms with van der Waals surface area (Å²) in [5.41, 5.74) is 1.83. The number of amides is 1. The molecule has 1 aliphatic rings. The van der Waals surface area contributed by atoms with Gasteiger partial charge in [0.2, 0.25) is 5.91 Å². The first kappa shape index (κ1) is 16.3. The van der Waals surface area contributed by atoms with Gasteiger partial charge in [-0.05, 0) is 51.1 Å². The van der Waals surface area contributed by atoms with Crippen molar-refractivity contribution >= 4 is 23.2 Å². The van der Waals surface area contributed by atoms with Crippen LogP contribution < -0.4 is 10.6 Å². The van der Waals surface area contributed by atoms with Crippen molar-refractivity contribution in [3.63, 3.8) is 0 Å². The molecule has 21 heavy (non-hydrogen) atoms. The second-order valence-electron chi connectivity index (χ2n) is 5.69. The Morgan fingerprint density at radius 1 is 1.43 bits per heavy atom. The van der Waals surface area contributed by atoms with Crippen LogP contribution >= 0.6 is 11.6 Å². The molecule has 0 saturated carbocycles. The predicted octanol–water partition coefficient (Wildman–Crippen LogP) is 2.66. The van der Waals surface area contributed by atoms with Gasteiger partial charge in [-0.25, -0.2) is 0 Å². The van der Waals surface area contributed by atoms with E-state index >= 15 is 0 Å². The van der Waals surface area contributed by atoms with E-state index in [2.05, 4.69) is 15.5 Å². The summed E-state index contributed by atoms with van der Waals surface area (Å²) < 4.78 is 0. The minimum Gasteiger partial charge on any atom is -0.325 e. The Morgan fingerprint density at radius 3 is 3.00 bits per heavy atom. The molecule has 0 bridgehead atoms. The number of hydrogen-bond donors (Lipinski definition) is 2. The molecule has 1 heterocycles. The number of hydrogen-bond acceptors (Lipinski definition) is 3. The molecule has 2 rings (SSSR count). The normalized spacial score (nSPS) is 19.5. The Morgan fingerprint density at radius 2 is 2.24 bits per heavy atom. The van der Waals surface area contributed by atoms with Gasteiger partial charge in [0.1, 0.15) is 0 Å². The zero-order valence-electron chi connectivity index (χ0n) is 12.8. The van der Waals surface area contributed by atoms with E-state index in [1.165, 1.54) is 12.8 Å². The number of carbonyl (C=O) groups is 1. The van der Waals surface area contributed by atoms with E-state index in [1.54, 1.807) is 6.07 Å². The highest BCUT2D eigenvalue weighted by Gasteiger charge is 2.23. The van der Waals surface area contributed by atoms with Crippen molar-refractivity contribution in [2.24, 2.45) is 0 Å². The molecule has 2 N–H and O–H groups in total. The zero-order valence-corrected chi connectivity index (χ0v) is 13.5. The van der Waals surface area contributed by atoms with Crippen LogP contribution in [0.4, 0.5) is 5.69 Å². The standard InChI is InChI=1S/C16H24ClN3O/c1-12-6-7-13(17)9-15(12)19-16(21)11-20-8-4-3-5-14(20)10-18-2/h6-7,9,14,18H,3-5,8,10-11H2,1-2H3,(H,19,21). The summed E-state index contributed by atoms with van der Waals surface area (Å²) in [6.45, 7) is 4.34. The fraction of sp³-hybridized carbons (Fsp3) is 0.562. The van der Waals surface area contributed by atoms with E-state index in [0.29, 0.717) is 17.6 Å². The summed E-state index contributed by atoms with van der Waals surface area (Å²) in [5.74, 6) is 0.0309. The number of piperidine rings is 1. The van der Waals surface area contributed by atoms with Crippen LogP contribution in [-0.4, -0.2) is 43.5 Å². The smallest absolute Gasteiger partial charge is 0.238 e. The maximum atomic E-state index is 12.3. The molecular formula is C16H24ClN3O. The van der Waals surface area contributed by atoms with Gasteiger partial charge in [-0.2, -0.15) is 0 Å². The maximum Gasteiger partial charge on any atom is 0.238 e. The molecule has 0 aliphatic carbocycles. The van der Waals surface area contributed by atoms with Crippen molar-refractivity contribution < 1.29 is 4.79 Å². The van der Waals surface area contributed by atoms with Crippen LogP contribution in [0.15, 0.2) is 18.2 Å². The fourth-order valence-corrected chi connectivity index (χ4v) is 3.01. The highest BCUT2D eigenvalue weighted by Crippen LogP contribution is 2.21. The van der Waals surface area contributed by atoms with Gasteiger partial charge in [-0.1, -0.05) is 24.1 Å². The minimum atomic E-state index is 0.0309. The summed E-state index contributed by atoms with van der Waals surface area (Å²) in [7, 11) is 1.96. The lowest BCUT2D eigenvalue weighted by Crippen LogP contribution is -2.47. The first-order chi connectivity index (χ1) is 10.1. The molecule has 116 valence electrons. The van der Waals surface area contributed by atoms with Crippen molar-refractivity contribution in [1.82, 2.24) is 10.2 Å². The van der Waals surface area contributed by atoms with Gasteiger partial charge in [0.25, 0.3) is 0 Å². The molecule has 1 atom stereocenters. The third-order valence-electron chi connectivity index (χ3n) is 4.01. The van der Waals surface area contributed by atoms with E-state index < -0.39 is 0 Å². The molecule has 1 aliphatic heterocycles. The summed E-state index contributed by atoms with van der Waals surface area (Å²) >= 11 is 5.99. The molecule has 1 unspecified atom stereocenters. The van der Waals surface area contributed by atoms with Crippen LogP contribution in [0.3, 0.4) is 0 Å². The van der Waals surface area contributed by atoms with Gasteiger partial charge in [-0.15, -0.1) is 0 Å².